The van der Waals surface area contributed by atoms with E-state index in [1.54, 1.807) is 15.8 Å². The molecule has 1 amide bonds. The lowest BCUT2D eigenvalue weighted by Crippen LogP contribution is -2.26. The lowest BCUT2D eigenvalue weighted by molar-refractivity contribution is 0.102. The number of amides is 1. The standard InChI is InChI=1S/C22H23F3N5OP/c1-13(2)30-11-14(10-27-30)21(31)28-19-16(17-9-15(23)3-4-18(17)24)5-7-26-20(19)29-8-6-22(25,32)12-29/h3-5,7,9-11,13H,6,8,12,32H2,1-2H3,(H,28,31). The number of nitrogens with zero attached hydrogens (tertiary/aromatic N) is 4. The van der Waals surface area contributed by atoms with Crippen LogP contribution in [0.2, 0.25) is 0 Å². The summed E-state index contributed by atoms with van der Waals surface area (Å²) in [6, 6.07) is 4.65. The van der Waals surface area contributed by atoms with Gasteiger partial charge < -0.3 is 10.2 Å². The molecule has 168 valence electrons. The van der Waals surface area contributed by atoms with Gasteiger partial charge in [-0.25, -0.2) is 18.2 Å². The van der Waals surface area contributed by atoms with Crippen LogP contribution in [-0.4, -0.2) is 39.2 Å². The van der Waals surface area contributed by atoms with Crippen molar-refractivity contribution in [1.29, 1.82) is 0 Å². The fraction of sp³-hybridized carbons (Fsp3) is 0.318. The highest BCUT2D eigenvalue weighted by Crippen LogP contribution is 2.41. The predicted octanol–water partition coefficient (Wildman–Crippen LogP) is 4.81. The Morgan fingerprint density at radius 1 is 1.25 bits per heavy atom. The summed E-state index contributed by atoms with van der Waals surface area (Å²) in [5.41, 5.74) is 0.698. The number of carbonyl (C=O) groups is 1. The molecule has 0 spiro atoms. The zero-order valence-electron chi connectivity index (χ0n) is 17.6. The van der Waals surface area contributed by atoms with Gasteiger partial charge >= 0.3 is 0 Å². The van der Waals surface area contributed by atoms with E-state index in [-0.39, 0.29) is 41.6 Å². The first-order valence-corrected chi connectivity index (χ1v) is 10.7. The zero-order chi connectivity index (χ0) is 23.0. The summed E-state index contributed by atoms with van der Waals surface area (Å²) in [6.07, 6.45) is 4.72. The van der Waals surface area contributed by atoms with E-state index in [1.807, 2.05) is 13.8 Å². The van der Waals surface area contributed by atoms with E-state index in [4.69, 9.17) is 0 Å². The molecule has 2 atom stereocenters. The van der Waals surface area contributed by atoms with Gasteiger partial charge in [0.15, 0.2) is 5.82 Å². The van der Waals surface area contributed by atoms with Crippen molar-refractivity contribution in [2.75, 3.05) is 23.3 Å². The van der Waals surface area contributed by atoms with Gasteiger partial charge in [0.2, 0.25) is 0 Å². The molecule has 1 N–H and O–H groups in total. The molecule has 0 radical (unpaired) electrons. The largest absolute Gasteiger partial charge is 0.351 e. The number of pyridine rings is 1. The Balaban J connectivity index is 1.79. The topological polar surface area (TPSA) is 63.1 Å². The summed E-state index contributed by atoms with van der Waals surface area (Å²) in [5.74, 6) is -1.47. The van der Waals surface area contributed by atoms with E-state index < -0.39 is 23.0 Å². The highest BCUT2D eigenvalue weighted by atomic mass is 31.0. The molecule has 2 unspecified atom stereocenters. The van der Waals surface area contributed by atoms with Gasteiger partial charge in [0.05, 0.1) is 24.0 Å². The molecule has 1 aliphatic rings. The van der Waals surface area contributed by atoms with Gasteiger partial charge in [-0.15, -0.1) is 0 Å². The van der Waals surface area contributed by atoms with Gasteiger partial charge in [-0.3, -0.25) is 9.48 Å². The van der Waals surface area contributed by atoms with Gasteiger partial charge in [0.25, 0.3) is 5.91 Å². The molecule has 0 aliphatic carbocycles. The third-order valence-corrected chi connectivity index (χ3v) is 5.80. The Hall–Kier alpha value is -2.93. The average Bonchev–Trinajstić information content (AvgIpc) is 3.37. The summed E-state index contributed by atoms with van der Waals surface area (Å²) in [4.78, 5) is 19.0. The van der Waals surface area contributed by atoms with Crippen molar-refractivity contribution in [3.05, 3.63) is 60.1 Å². The molecule has 1 aliphatic heterocycles. The normalized spacial score (nSPS) is 18.4. The SMILES string of the molecule is CC(C)n1cc(C(=O)Nc2c(-c3cc(F)ccc3F)ccnc2N2CCC(F)(P)C2)cn1. The van der Waals surface area contributed by atoms with Crippen molar-refractivity contribution in [2.45, 2.75) is 31.7 Å². The number of rotatable bonds is 5. The maximum absolute atomic E-state index is 14.6. The Labute approximate surface area is 186 Å². The molecule has 2 aromatic heterocycles. The maximum atomic E-state index is 14.6. The molecule has 4 rings (SSSR count). The highest BCUT2D eigenvalue weighted by molar-refractivity contribution is 7.18. The van der Waals surface area contributed by atoms with Crippen LogP contribution in [0.4, 0.5) is 24.7 Å². The number of anilines is 2. The summed E-state index contributed by atoms with van der Waals surface area (Å²) in [7, 11) is 2.19. The summed E-state index contributed by atoms with van der Waals surface area (Å²) in [5, 5.41) is 5.46. The molecule has 1 fully saturated rings. The summed E-state index contributed by atoms with van der Waals surface area (Å²) >= 11 is 0. The molecular weight excluding hydrogens is 438 g/mol. The number of nitrogens with one attached hydrogen (secondary N) is 1. The second-order valence-electron chi connectivity index (χ2n) is 8.14. The first-order valence-electron chi connectivity index (χ1n) is 10.2. The second kappa shape index (κ2) is 8.54. The van der Waals surface area contributed by atoms with E-state index >= 15 is 0 Å². The predicted molar refractivity (Wildman–Crippen MR) is 121 cm³/mol. The van der Waals surface area contributed by atoms with Crippen LogP contribution in [0.5, 0.6) is 0 Å². The maximum Gasteiger partial charge on any atom is 0.258 e. The van der Waals surface area contributed by atoms with Crippen molar-refractivity contribution >= 4 is 26.7 Å². The highest BCUT2D eigenvalue weighted by Gasteiger charge is 2.36. The first-order chi connectivity index (χ1) is 15.1. The van der Waals surface area contributed by atoms with Crippen molar-refractivity contribution in [3.63, 3.8) is 0 Å². The van der Waals surface area contributed by atoms with E-state index in [2.05, 4.69) is 24.6 Å². The van der Waals surface area contributed by atoms with Crippen molar-refractivity contribution in [2.24, 2.45) is 0 Å². The summed E-state index contributed by atoms with van der Waals surface area (Å²) < 4.78 is 44.7. The Morgan fingerprint density at radius 2 is 2.03 bits per heavy atom. The Bertz CT molecular complexity index is 1160. The van der Waals surface area contributed by atoms with E-state index in [0.29, 0.717) is 12.1 Å². The molecule has 1 saturated heterocycles. The number of alkyl halides is 1. The van der Waals surface area contributed by atoms with Gasteiger partial charge in [0, 0.05) is 42.5 Å². The number of hydrogen-bond acceptors (Lipinski definition) is 4. The van der Waals surface area contributed by atoms with Crippen molar-refractivity contribution in [3.8, 4) is 11.1 Å². The van der Waals surface area contributed by atoms with E-state index in [0.717, 1.165) is 18.2 Å². The molecule has 3 heterocycles. The van der Waals surface area contributed by atoms with E-state index in [9.17, 15) is 18.0 Å². The van der Waals surface area contributed by atoms with Crippen molar-refractivity contribution < 1.29 is 18.0 Å². The molecule has 6 nitrogen and oxygen atoms in total. The van der Waals surface area contributed by atoms with Crippen molar-refractivity contribution in [1.82, 2.24) is 14.8 Å². The van der Waals surface area contributed by atoms with Gasteiger partial charge in [0.1, 0.15) is 17.0 Å². The van der Waals surface area contributed by atoms with Crippen LogP contribution in [0.1, 0.15) is 36.7 Å². The molecule has 32 heavy (non-hydrogen) atoms. The number of benzene rings is 1. The average molecular weight is 461 g/mol. The van der Waals surface area contributed by atoms with Crippen LogP contribution >= 0.6 is 9.24 Å². The fourth-order valence-corrected chi connectivity index (χ4v) is 3.99. The Kier molecular flexibility index (Phi) is 5.95. The van der Waals surface area contributed by atoms with E-state index in [1.165, 1.54) is 18.5 Å². The van der Waals surface area contributed by atoms with Crippen LogP contribution in [0.15, 0.2) is 42.9 Å². The third kappa shape index (κ3) is 4.48. The second-order valence-corrected chi connectivity index (χ2v) is 9.18. The first kappa shape index (κ1) is 22.3. The minimum absolute atomic E-state index is 0.0293. The molecule has 1 aromatic carbocycles. The quantitative estimate of drug-likeness (QED) is 0.554. The van der Waals surface area contributed by atoms with Crippen LogP contribution < -0.4 is 10.2 Å². The van der Waals surface area contributed by atoms with Gasteiger partial charge in [-0.2, -0.15) is 5.10 Å². The Morgan fingerprint density at radius 3 is 2.69 bits per heavy atom. The monoisotopic (exact) mass is 461 g/mol. The molecule has 0 bridgehead atoms. The van der Waals surface area contributed by atoms with Crippen LogP contribution in [0.25, 0.3) is 11.1 Å². The third-order valence-electron chi connectivity index (χ3n) is 5.33. The lowest BCUT2D eigenvalue weighted by atomic mass is 10.0. The fourth-order valence-electron chi connectivity index (χ4n) is 3.64. The van der Waals surface area contributed by atoms with Crippen LogP contribution in [-0.2, 0) is 0 Å². The molecule has 10 heteroatoms. The number of carbonyl (C=O) groups excluding carboxylic acids is 1. The summed E-state index contributed by atoms with van der Waals surface area (Å²) in [6.45, 7) is 4.25. The minimum Gasteiger partial charge on any atom is -0.351 e. The number of hydrogen-bond donors (Lipinski definition) is 1. The number of aromatic nitrogens is 3. The van der Waals surface area contributed by atoms with Gasteiger partial charge in [-0.05, 0) is 38.1 Å². The smallest absolute Gasteiger partial charge is 0.258 e. The van der Waals surface area contributed by atoms with Crippen LogP contribution in [0, 0.1) is 11.6 Å². The zero-order valence-corrected chi connectivity index (χ0v) is 18.8. The molecule has 3 aromatic rings. The molecular formula is C22H23F3N5OP. The van der Waals surface area contributed by atoms with Crippen LogP contribution in [0.3, 0.4) is 0 Å². The van der Waals surface area contributed by atoms with Gasteiger partial charge in [-0.1, -0.05) is 9.24 Å². The minimum atomic E-state index is -1.50. The lowest BCUT2D eigenvalue weighted by Gasteiger charge is -2.23. The molecule has 0 saturated carbocycles. The number of halogens is 3.